The summed E-state index contributed by atoms with van der Waals surface area (Å²) in [6.07, 6.45) is 5.18. The highest BCUT2D eigenvalue weighted by Gasteiger charge is 2.15. The summed E-state index contributed by atoms with van der Waals surface area (Å²) in [5.74, 6) is 0.821. The van der Waals surface area contributed by atoms with Crippen molar-refractivity contribution in [1.29, 1.82) is 5.26 Å². The fraction of sp³-hybridized carbons (Fsp3) is 0.579. The molecule has 1 aromatic carbocycles. The first-order chi connectivity index (χ1) is 11.7. The van der Waals surface area contributed by atoms with Crippen molar-refractivity contribution in [2.24, 2.45) is 5.92 Å². The maximum Gasteiger partial charge on any atom is 0.319 e. The summed E-state index contributed by atoms with van der Waals surface area (Å²) in [4.78, 5) is 14.4. The number of hydrogen-bond acceptors (Lipinski definition) is 3. The minimum atomic E-state index is -0.172. The highest BCUT2D eigenvalue weighted by molar-refractivity contribution is 5.89. The molecule has 1 aromatic rings. The molecule has 24 heavy (non-hydrogen) atoms. The Morgan fingerprint density at radius 1 is 1.33 bits per heavy atom. The van der Waals surface area contributed by atoms with E-state index in [4.69, 9.17) is 5.26 Å². The number of carbonyl (C=O) groups is 1. The van der Waals surface area contributed by atoms with Crippen molar-refractivity contribution in [3.8, 4) is 6.07 Å². The van der Waals surface area contributed by atoms with Gasteiger partial charge in [-0.3, -0.25) is 0 Å². The van der Waals surface area contributed by atoms with Gasteiger partial charge in [0.15, 0.2) is 0 Å². The molecule has 1 fully saturated rings. The quantitative estimate of drug-likeness (QED) is 0.754. The van der Waals surface area contributed by atoms with Crippen LogP contribution in [0.5, 0.6) is 0 Å². The number of piperidine rings is 1. The lowest BCUT2D eigenvalue weighted by Gasteiger charge is -2.30. The van der Waals surface area contributed by atoms with Gasteiger partial charge in [-0.05, 0) is 62.4 Å². The molecule has 2 amide bonds. The molecule has 1 aliphatic rings. The second-order valence-electron chi connectivity index (χ2n) is 6.67. The van der Waals surface area contributed by atoms with Crippen LogP contribution in [-0.2, 0) is 6.42 Å². The third-order valence-corrected chi connectivity index (χ3v) is 4.42. The summed E-state index contributed by atoms with van der Waals surface area (Å²) in [6.45, 7) is 6.59. The van der Waals surface area contributed by atoms with Crippen molar-refractivity contribution < 1.29 is 4.79 Å². The molecule has 5 nitrogen and oxygen atoms in total. The summed E-state index contributed by atoms with van der Waals surface area (Å²) in [5, 5.41) is 14.3. The Bertz CT molecular complexity index is 549. The Labute approximate surface area is 145 Å². The molecule has 0 saturated carbocycles. The van der Waals surface area contributed by atoms with Crippen LogP contribution in [0, 0.1) is 17.2 Å². The van der Waals surface area contributed by atoms with Gasteiger partial charge in [-0.15, -0.1) is 0 Å². The summed E-state index contributed by atoms with van der Waals surface area (Å²) < 4.78 is 0. The Hall–Kier alpha value is -2.06. The van der Waals surface area contributed by atoms with E-state index in [-0.39, 0.29) is 6.03 Å². The van der Waals surface area contributed by atoms with E-state index in [1.165, 1.54) is 25.9 Å². The molecular weight excluding hydrogens is 300 g/mol. The molecule has 5 heteroatoms. The smallest absolute Gasteiger partial charge is 0.319 e. The van der Waals surface area contributed by atoms with Crippen LogP contribution >= 0.6 is 0 Å². The number of nitriles is 1. The molecule has 0 bridgehead atoms. The van der Waals surface area contributed by atoms with Crippen LogP contribution in [0.25, 0.3) is 0 Å². The van der Waals surface area contributed by atoms with Crippen LogP contribution in [0.15, 0.2) is 24.3 Å². The van der Waals surface area contributed by atoms with Gasteiger partial charge in [0.05, 0.1) is 12.5 Å². The molecule has 1 heterocycles. The van der Waals surface area contributed by atoms with Gasteiger partial charge in [0.1, 0.15) is 0 Å². The number of urea groups is 1. The van der Waals surface area contributed by atoms with E-state index in [0.717, 1.165) is 36.6 Å². The molecule has 130 valence electrons. The maximum absolute atomic E-state index is 11.8. The molecule has 0 radical (unpaired) electrons. The summed E-state index contributed by atoms with van der Waals surface area (Å²) >= 11 is 0. The topological polar surface area (TPSA) is 68.2 Å². The van der Waals surface area contributed by atoms with E-state index in [9.17, 15) is 4.79 Å². The zero-order chi connectivity index (χ0) is 17.2. The van der Waals surface area contributed by atoms with Gasteiger partial charge < -0.3 is 15.5 Å². The highest BCUT2D eigenvalue weighted by Crippen LogP contribution is 2.15. The standard InChI is InChI=1S/C19H28N4O/c1-16-5-4-14-23(15-16)13-3-2-12-21-19(24)22-18-8-6-17(7-9-18)10-11-20/h6-9,16H,2-5,10,12-15H2,1H3,(H2,21,22,24). The van der Waals surface area contributed by atoms with Gasteiger partial charge in [0.25, 0.3) is 0 Å². The monoisotopic (exact) mass is 328 g/mol. The molecule has 2 rings (SSSR count). The van der Waals surface area contributed by atoms with Crippen molar-refractivity contribution in [3.05, 3.63) is 29.8 Å². The van der Waals surface area contributed by atoms with Gasteiger partial charge in [0, 0.05) is 18.8 Å². The van der Waals surface area contributed by atoms with Crippen LogP contribution in [0.2, 0.25) is 0 Å². The van der Waals surface area contributed by atoms with E-state index in [1.54, 1.807) is 0 Å². The van der Waals surface area contributed by atoms with E-state index in [0.29, 0.717) is 13.0 Å². The summed E-state index contributed by atoms with van der Waals surface area (Å²) in [5.41, 5.74) is 1.70. The molecule has 2 N–H and O–H groups in total. The zero-order valence-electron chi connectivity index (χ0n) is 14.6. The summed E-state index contributed by atoms with van der Waals surface area (Å²) in [7, 11) is 0. The Kier molecular flexibility index (Phi) is 7.57. The number of carbonyl (C=O) groups excluding carboxylic acids is 1. The van der Waals surface area contributed by atoms with E-state index in [1.807, 2.05) is 24.3 Å². The fourth-order valence-electron chi connectivity index (χ4n) is 3.12. The zero-order valence-corrected chi connectivity index (χ0v) is 14.6. The lowest BCUT2D eigenvalue weighted by atomic mass is 10.0. The minimum absolute atomic E-state index is 0.172. The lowest BCUT2D eigenvalue weighted by Crippen LogP contribution is -2.35. The van der Waals surface area contributed by atoms with Crippen LogP contribution in [0.4, 0.5) is 10.5 Å². The molecular formula is C19H28N4O. The number of rotatable bonds is 7. The summed E-state index contributed by atoms with van der Waals surface area (Å²) in [6, 6.07) is 9.30. The highest BCUT2D eigenvalue weighted by atomic mass is 16.2. The predicted octanol–water partition coefficient (Wildman–Crippen LogP) is 3.39. The number of amides is 2. The van der Waals surface area contributed by atoms with Crippen molar-refractivity contribution in [1.82, 2.24) is 10.2 Å². The van der Waals surface area contributed by atoms with Crippen molar-refractivity contribution in [2.45, 2.75) is 39.0 Å². The molecule has 1 atom stereocenters. The Balaban J connectivity index is 1.57. The molecule has 1 unspecified atom stereocenters. The molecule has 0 spiro atoms. The fourth-order valence-corrected chi connectivity index (χ4v) is 3.12. The number of likely N-dealkylation sites (tertiary alicyclic amines) is 1. The SMILES string of the molecule is CC1CCCN(CCCCNC(=O)Nc2ccc(CC#N)cc2)C1. The van der Waals surface area contributed by atoms with Gasteiger partial charge in [-0.1, -0.05) is 19.1 Å². The third-order valence-electron chi connectivity index (χ3n) is 4.42. The van der Waals surface area contributed by atoms with Crippen molar-refractivity contribution in [3.63, 3.8) is 0 Å². The lowest BCUT2D eigenvalue weighted by molar-refractivity contribution is 0.181. The van der Waals surface area contributed by atoms with Gasteiger partial charge in [0.2, 0.25) is 0 Å². The number of nitrogens with zero attached hydrogens (tertiary/aromatic N) is 2. The number of unbranched alkanes of at least 4 members (excludes halogenated alkanes) is 1. The average Bonchev–Trinajstić information content (AvgIpc) is 2.57. The Morgan fingerprint density at radius 3 is 2.83 bits per heavy atom. The van der Waals surface area contributed by atoms with Crippen LogP contribution in [0.3, 0.4) is 0 Å². The van der Waals surface area contributed by atoms with Gasteiger partial charge in [-0.25, -0.2) is 4.79 Å². The van der Waals surface area contributed by atoms with Crippen LogP contribution in [0.1, 0.15) is 38.2 Å². The first-order valence-electron chi connectivity index (χ1n) is 8.90. The van der Waals surface area contributed by atoms with Crippen molar-refractivity contribution in [2.75, 3.05) is 31.5 Å². The number of benzene rings is 1. The number of nitrogens with one attached hydrogen (secondary N) is 2. The van der Waals surface area contributed by atoms with Crippen LogP contribution in [-0.4, -0.2) is 37.1 Å². The van der Waals surface area contributed by atoms with Gasteiger partial charge in [-0.2, -0.15) is 5.26 Å². The second-order valence-corrected chi connectivity index (χ2v) is 6.67. The maximum atomic E-state index is 11.8. The first kappa shape index (κ1) is 18.3. The Morgan fingerprint density at radius 2 is 2.12 bits per heavy atom. The molecule has 1 aliphatic heterocycles. The van der Waals surface area contributed by atoms with E-state index < -0.39 is 0 Å². The van der Waals surface area contributed by atoms with E-state index >= 15 is 0 Å². The minimum Gasteiger partial charge on any atom is -0.338 e. The first-order valence-corrected chi connectivity index (χ1v) is 8.90. The van der Waals surface area contributed by atoms with Crippen molar-refractivity contribution >= 4 is 11.7 Å². The van der Waals surface area contributed by atoms with Gasteiger partial charge >= 0.3 is 6.03 Å². The largest absolute Gasteiger partial charge is 0.338 e. The number of anilines is 1. The third kappa shape index (κ3) is 6.59. The van der Waals surface area contributed by atoms with Crippen LogP contribution < -0.4 is 10.6 Å². The number of hydrogen-bond donors (Lipinski definition) is 2. The molecule has 0 aliphatic carbocycles. The normalized spacial score (nSPS) is 17.9. The molecule has 1 saturated heterocycles. The second kappa shape index (κ2) is 9.94. The average molecular weight is 328 g/mol. The molecule has 0 aromatic heterocycles. The van der Waals surface area contributed by atoms with E-state index in [2.05, 4.69) is 28.5 Å². The predicted molar refractivity (Wildman–Crippen MR) is 96.9 cm³/mol.